The summed E-state index contributed by atoms with van der Waals surface area (Å²) in [6.45, 7) is 0.595. The molecule has 0 aliphatic rings. The van der Waals surface area contributed by atoms with Crippen LogP contribution in [0.15, 0.2) is 47.0 Å². The van der Waals surface area contributed by atoms with E-state index in [1.807, 2.05) is 5.32 Å². The number of nitrogens with one attached hydrogen (secondary N) is 1. The summed E-state index contributed by atoms with van der Waals surface area (Å²) in [4.78, 5) is 24.7. The minimum Gasteiger partial charge on any atom is -0.452 e. The van der Waals surface area contributed by atoms with Crippen molar-refractivity contribution in [1.29, 1.82) is 0 Å². The van der Waals surface area contributed by atoms with Crippen LogP contribution in [0.1, 0.15) is 21.7 Å². The highest BCUT2D eigenvalue weighted by Gasteiger charge is 2.35. The van der Waals surface area contributed by atoms with Gasteiger partial charge in [0.2, 0.25) is 0 Å². The number of benzene rings is 2. The van der Waals surface area contributed by atoms with Gasteiger partial charge in [0.15, 0.2) is 6.61 Å². The van der Waals surface area contributed by atoms with Crippen LogP contribution in [0.5, 0.6) is 0 Å². The van der Waals surface area contributed by atoms with Gasteiger partial charge in [-0.05, 0) is 25.1 Å². The molecule has 11 heteroatoms. The van der Waals surface area contributed by atoms with Crippen LogP contribution >= 0.6 is 23.2 Å². The van der Waals surface area contributed by atoms with Crippen molar-refractivity contribution in [2.24, 2.45) is 0 Å². The zero-order valence-electron chi connectivity index (χ0n) is 15.7. The van der Waals surface area contributed by atoms with E-state index in [0.29, 0.717) is 10.6 Å². The van der Waals surface area contributed by atoms with E-state index in [0.717, 1.165) is 12.1 Å². The molecule has 0 saturated carbocycles. The highest BCUT2D eigenvalue weighted by atomic mass is 35.5. The Labute approximate surface area is 183 Å². The van der Waals surface area contributed by atoms with E-state index in [4.69, 9.17) is 32.5 Å². The average Bonchev–Trinajstić information content (AvgIpc) is 3.08. The number of aryl methyl sites for hydroxylation is 1. The minimum atomic E-state index is -4.74. The first-order valence-electron chi connectivity index (χ1n) is 8.63. The number of rotatable bonds is 5. The molecule has 3 rings (SSSR count). The molecule has 0 bridgehead atoms. The summed E-state index contributed by atoms with van der Waals surface area (Å²) in [7, 11) is 0. The summed E-state index contributed by atoms with van der Waals surface area (Å²) in [6.07, 6.45) is -4.74. The third-order valence-electron chi connectivity index (χ3n) is 4.11. The molecule has 0 aliphatic carbocycles. The largest absolute Gasteiger partial charge is 0.452 e. The average molecular weight is 473 g/mol. The van der Waals surface area contributed by atoms with Gasteiger partial charge in [-0.2, -0.15) is 13.2 Å². The van der Waals surface area contributed by atoms with Crippen LogP contribution < -0.4 is 5.32 Å². The summed E-state index contributed by atoms with van der Waals surface area (Å²) < 4.78 is 49.4. The van der Waals surface area contributed by atoms with Gasteiger partial charge in [-0.3, -0.25) is 4.79 Å². The molecule has 1 N–H and O–H groups in total. The number of esters is 1. The highest BCUT2D eigenvalue weighted by molar-refractivity contribution is 6.34. The summed E-state index contributed by atoms with van der Waals surface area (Å²) in [5.74, 6) is -1.86. The molecule has 6 nitrogen and oxygen atoms in total. The maximum absolute atomic E-state index is 13.1. The van der Waals surface area contributed by atoms with Crippen molar-refractivity contribution >= 4 is 40.8 Å². The van der Waals surface area contributed by atoms with Crippen molar-refractivity contribution in [3.63, 3.8) is 0 Å². The number of carbonyl (C=O) groups excluding carboxylic acids is 2. The number of amides is 1. The van der Waals surface area contributed by atoms with Crippen molar-refractivity contribution in [2.45, 2.75) is 13.1 Å². The molecule has 0 aliphatic heterocycles. The lowest BCUT2D eigenvalue weighted by Gasteiger charge is -2.15. The summed E-state index contributed by atoms with van der Waals surface area (Å²) in [5.41, 5.74) is -1.30. The van der Waals surface area contributed by atoms with Crippen LogP contribution in [-0.4, -0.2) is 23.6 Å². The first kappa shape index (κ1) is 22.6. The van der Waals surface area contributed by atoms with Gasteiger partial charge in [-0.15, -0.1) is 0 Å². The second-order valence-electron chi connectivity index (χ2n) is 6.23. The van der Waals surface area contributed by atoms with Gasteiger partial charge >= 0.3 is 12.1 Å². The molecular weight excluding hydrogens is 460 g/mol. The number of hydrogen-bond acceptors (Lipinski definition) is 5. The standard InChI is InChI=1S/C20H13Cl2F3N2O4/c1-10-16(17(27-31-10)11-5-2-3-7-13(11)21)19(29)30-9-15(28)26-18-12(20(23,24)25)6-4-8-14(18)22/h2-8H,9H2,1H3,(H,26,28). The zero-order valence-corrected chi connectivity index (χ0v) is 17.2. The first-order chi connectivity index (χ1) is 14.6. The van der Waals surface area contributed by atoms with Crippen molar-refractivity contribution in [2.75, 3.05) is 11.9 Å². The van der Waals surface area contributed by atoms with Crippen molar-refractivity contribution in [1.82, 2.24) is 5.16 Å². The molecule has 0 spiro atoms. The van der Waals surface area contributed by atoms with Gasteiger partial charge in [0.25, 0.3) is 5.91 Å². The van der Waals surface area contributed by atoms with Crippen LogP contribution in [0.25, 0.3) is 11.3 Å². The van der Waals surface area contributed by atoms with E-state index in [-0.39, 0.29) is 22.0 Å². The van der Waals surface area contributed by atoms with Crippen molar-refractivity contribution < 1.29 is 32.0 Å². The molecular formula is C20H13Cl2F3N2O4. The van der Waals surface area contributed by atoms with Gasteiger partial charge in [-0.25, -0.2) is 4.79 Å². The molecule has 1 amide bonds. The van der Waals surface area contributed by atoms with Crippen LogP contribution in [0.3, 0.4) is 0 Å². The topological polar surface area (TPSA) is 81.4 Å². The maximum atomic E-state index is 13.1. The van der Waals surface area contributed by atoms with Gasteiger partial charge in [0.1, 0.15) is 17.0 Å². The fraction of sp³-hybridized carbons (Fsp3) is 0.150. The van der Waals surface area contributed by atoms with Gasteiger partial charge in [-0.1, -0.05) is 52.6 Å². The molecule has 0 atom stereocenters. The number of alkyl halides is 3. The van der Waals surface area contributed by atoms with Gasteiger partial charge in [0, 0.05) is 5.56 Å². The Hall–Kier alpha value is -3.04. The lowest BCUT2D eigenvalue weighted by atomic mass is 10.1. The number of hydrogen-bond donors (Lipinski definition) is 1. The van der Waals surface area contributed by atoms with Crippen molar-refractivity contribution in [3.8, 4) is 11.3 Å². The van der Waals surface area contributed by atoms with E-state index in [1.54, 1.807) is 24.3 Å². The molecule has 3 aromatic rings. The quantitative estimate of drug-likeness (QED) is 0.476. The first-order valence-corrected chi connectivity index (χ1v) is 9.39. The number of aromatic nitrogens is 1. The lowest BCUT2D eigenvalue weighted by molar-refractivity contribution is -0.137. The number of para-hydroxylation sites is 1. The van der Waals surface area contributed by atoms with Crippen LogP contribution in [-0.2, 0) is 15.7 Å². The molecule has 1 heterocycles. The van der Waals surface area contributed by atoms with Crippen LogP contribution in [0, 0.1) is 6.92 Å². The second kappa shape index (κ2) is 8.99. The Morgan fingerprint density at radius 3 is 2.45 bits per heavy atom. The fourth-order valence-electron chi connectivity index (χ4n) is 2.72. The third-order valence-corrected chi connectivity index (χ3v) is 4.76. The molecule has 0 fully saturated rings. The van der Waals surface area contributed by atoms with E-state index in [2.05, 4.69) is 5.16 Å². The smallest absolute Gasteiger partial charge is 0.418 e. The lowest BCUT2D eigenvalue weighted by Crippen LogP contribution is -2.23. The molecule has 2 aromatic carbocycles. The third kappa shape index (κ3) is 5.00. The number of nitrogens with zero attached hydrogens (tertiary/aromatic N) is 1. The van der Waals surface area contributed by atoms with Gasteiger partial charge < -0.3 is 14.6 Å². The molecule has 31 heavy (non-hydrogen) atoms. The Bertz CT molecular complexity index is 1150. The van der Waals surface area contributed by atoms with E-state index in [9.17, 15) is 22.8 Å². The zero-order chi connectivity index (χ0) is 22.8. The maximum Gasteiger partial charge on any atom is 0.418 e. The molecule has 0 radical (unpaired) electrons. The summed E-state index contributed by atoms with van der Waals surface area (Å²) in [6, 6.07) is 9.62. The molecule has 1 aromatic heterocycles. The van der Waals surface area contributed by atoms with Crippen LogP contribution in [0.4, 0.5) is 18.9 Å². The molecule has 0 unspecified atom stereocenters. The number of ether oxygens (including phenoxy) is 1. The number of anilines is 1. The molecule has 162 valence electrons. The van der Waals surface area contributed by atoms with Gasteiger partial charge in [0.05, 0.1) is 21.3 Å². The second-order valence-corrected chi connectivity index (χ2v) is 7.04. The Balaban J connectivity index is 1.76. The predicted molar refractivity (Wildman–Crippen MR) is 107 cm³/mol. The van der Waals surface area contributed by atoms with Crippen LogP contribution in [0.2, 0.25) is 10.0 Å². The summed E-state index contributed by atoms with van der Waals surface area (Å²) in [5, 5.41) is 5.83. The Kier molecular flexibility index (Phi) is 6.56. The van der Waals surface area contributed by atoms with E-state index < -0.39 is 35.9 Å². The number of halogens is 5. The number of carbonyl (C=O) groups is 2. The molecule has 0 saturated heterocycles. The highest BCUT2D eigenvalue weighted by Crippen LogP contribution is 2.38. The summed E-state index contributed by atoms with van der Waals surface area (Å²) >= 11 is 11.9. The van der Waals surface area contributed by atoms with Crippen molar-refractivity contribution in [3.05, 3.63) is 69.4 Å². The fourth-order valence-corrected chi connectivity index (χ4v) is 3.16. The predicted octanol–water partition coefficient (Wildman–Crippen LogP) is 5.77. The normalized spacial score (nSPS) is 11.3. The minimum absolute atomic E-state index is 0.0605. The Morgan fingerprint density at radius 2 is 1.77 bits per heavy atom. The monoisotopic (exact) mass is 472 g/mol. The van der Waals surface area contributed by atoms with E-state index in [1.165, 1.54) is 13.0 Å². The SMILES string of the molecule is Cc1onc(-c2ccccc2Cl)c1C(=O)OCC(=O)Nc1c(Cl)cccc1C(F)(F)F. The van der Waals surface area contributed by atoms with E-state index >= 15 is 0 Å². The Morgan fingerprint density at radius 1 is 1.10 bits per heavy atom.